The molecule has 1 unspecified atom stereocenters. The zero-order chi connectivity index (χ0) is 12.9. The lowest BCUT2D eigenvalue weighted by Crippen LogP contribution is -2.21. The van der Waals surface area contributed by atoms with Crippen molar-refractivity contribution >= 4 is 27.5 Å². The van der Waals surface area contributed by atoms with Gasteiger partial charge in [-0.25, -0.2) is 0 Å². The first-order chi connectivity index (χ1) is 8.04. The Labute approximate surface area is 118 Å². The molecular weight excluding hydrogens is 300 g/mol. The SMILES string of the molecule is CCCC(C)(CCl)Cc1cc(Br)ccc1OC. The van der Waals surface area contributed by atoms with E-state index in [-0.39, 0.29) is 5.41 Å². The lowest BCUT2D eigenvalue weighted by molar-refractivity contribution is 0.326. The first-order valence-electron chi connectivity index (χ1n) is 5.93. The summed E-state index contributed by atoms with van der Waals surface area (Å²) in [4.78, 5) is 0. The van der Waals surface area contributed by atoms with Crippen molar-refractivity contribution < 1.29 is 4.74 Å². The van der Waals surface area contributed by atoms with Gasteiger partial charge in [-0.3, -0.25) is 0 Å². The van der Waals surface area contributed by atoms with Gasteiger partial charge in [-0.15, -0.1) is 11.6 Å². The monoisotopic (exact) mass is 318 g/mol. The van der Waals surface area contributed by atoms with Gasteiger partial charge in [0, 0.05) is 10.4 Å². The van der Waals surface area contributed by atoms with E-state index in [4.69, 9.17) is 16.3 Å². The number of hydrogen-bond acceptors (Lipinski definition) is 1. The van der Waals surface area contributed by atoms with Crippen molar-refractivity contribution in [1.29, 1.82) is 0 Å². The average Bonchev–Trinajstić information content (AvgIpc) is 2.29. The zero-order valence-corrected chi connectivity index (χ0v) is 13.1. The van der Waals surface area contributed by atoms with E-state index in [1.807, 2.05) is 12.1 Å². The van der Waals surface area contributed by atoms with Gasteiger partial charge in [0.25, 0.3) is 0 Å². The lowest BCUT2D eigenvalue weighted by atomic mass is 9.81. The standard InChI is InChI=1S/C14H20BrClO/c1-4-7-14(2,10-16)9-11-8-12(15)5-6-13(11)17-3/h5-6,8H,4,7,9-10H2,1-3H3. The Morgan fingerprint density at radius 3 is 2.65 bits per heavy atom. The van der Waals surface area contributed by atoms with Gasteiger partial charge in [0.15, 0.2) is 0 Å². The van der Waals surface area contributed by atoms with Crippen LogP contribution in [0, 0.1) is 5.41 Å². The number of ether oxygens (including phenoxy) is 1. The van der Waals surface area contributed by atoms with E-state index in [2.05, 4.69) is 35.8 Å². The molecule has 0 amide bonds. The highest BCUT2D eigenvalue weighted by Gasteiger charge is 2.24. The van der Waals surface area contributed by atoms with Crippen molar-refractivity contribution in [2.24, 2.45) is 5.41 Å². The van der Waals surface area contributed by atoms with E-state index in [0.29, 0.717) is 5.88 Å². The Kier molecular flexibility index (Phi) is 5.81. The third-order valence-electron chi connectivity index (χ3n) is 3.04. The number of methoxy groups -OCH3 is 1. The molecule has 0 saturated carbocycles. The molecule has 0 N–H and O–H groups in total. The van der Waals surface area contributed by atoms with Crippen molar-refractivity contribution in [2.45, 2.75) is 33.1 Å². The smallest absolute Gasteiger partial charge is 0.122 e. The van der Waals surface area contributed by atoms with Crippen LogP contribution in [0.15, 0.2) is 22.7 Å². The fraction of sp³-hybridized carbons (Fsp3) is 0.571. The fourth-order valence-electron chi connectivity index (χ4n) is 2.15. The second kappa shape index (κ2) is 6.65. The topological polar surface area (TPSA) is 9.23 Å². The Morgan fingerprint density at radius 2 is 2.12 bits per heavy atom. The molecule has 0 saturated heterocycles. The largest absolute Gasteiger partial charge is 0.496 e. The van der Waals surface area contributed by atoms with Crippen molar-refractivity contribution in [1.82, 2.24) is 0 Å². The summed E-state index contributed by atoms with van der Waals surface area (Å²) >= 11 is 9.63. The molecule has 17 heavy (non-hydrogen) atoms. The van der Waals surface area contributed by atoms with E-state index in [1.165, 1.54) is 5.56 Å². The molecule has 0 radical (unpaired) electrons. The Bertz CT molecular complexity index is 367. The molecule has 1 aromatic carbocycles. The summed E-state index contributed by atoms with van der Waals surface area (Å²) in [5, 5.41) is 0. The van der Waals surface area contributed by atoms with Crippen molar-refractivity contribution in [2.75, 3.05) is 13.0 Å². The number of halogens is 2. The molecule has 0 aromatic heterocycles. The summed E-state index contributed by atoms with van der Waals surface area (Å²) in [6, 6.07) is 6.12. The highest BCUT2D eigenvalue weighted by Crippen LogP contribution is 2.34. The minimum absolute atomic E-state index is 0.143. The highest BCUT2D eigenvalue weighted by molar-refractivity contribution is 9.10. The maximum atomic E-state index is 6.12. The van der Waals surface area contributed by atoms with Crippen LogP contribution < -0.4 is 4.74 Å². The molecule has 1 rings (SSSR count). The van der Waals surface area contributed by atoms with E-state index in [0.717, 1.165) is 29.5 Å². The summed E-state index contributed by atoms with van der Waals surface area (Å²) in [5.41, 5.74) is 1.36. The normalized spacial score (nSPS) is 14.4. The van der Waals surface area contributed by atoms with Crippen LogP contribution in [0.1, 0.15) is 32.3 Å². The number of rotatable bonds is 6. The van der Waals surface area contributed by atoms with Gasteiger partial charge in [-0.1, -0.05) is 36.2 Å². The Hall–Kier alpha value is -0.210. The predicted octanol–water partition coefficient (Wildman–Crippen LogP) is 5.05. The van der Waals surface area contributed by atoms with E-state index in [9.17, 15) is 0 Å². The minimum atomic E-state index is 0.143. The molecule has 0 fully saturated rings. The molecule has 0 aliphatic carbocycles. The molecule has 0 spiro atoms. The first kappa shape index (κ1) is 14.8. The highest BCUT2D eigenvalue weighted by atomic mass is 79.9. The second-order valence-electron chi connectivity index (χ2n) is 4.83. The molecule has 1 atom stereocenters. The minimum Gasteiger partial charge on any atom is -0.496 e. The maximum Gasteiger partial charge on any atom is 0.122 e. The van der Waals surface area contributed by atoms with Crippen LogP contribution in [0.3, 0.4) is 0 Å². The van der Waals surface area contributed by atoms with Crippen LogP contribution in [-0.4, -0.2) is 13.0 Å². The second-order valence-corrected chi connectivity index (χ2v) is 6.01. The summed E-state index contributed by atoms with van der Waals surface area (Å²) in [6.07, 6.45) is 3.23. The van der Waals surface area contributed by atoms with Crippen LogP contribution in [0.4, 0.5) is 0 Å². The molecule has 3 heteroatoms. The van der Waals surface area contributed by atoms with Gasteiger partial charge in [0.1, 0.15) is 5.75 Å². The molecule has 0 aliphatic rings. The summed E-state index contributed by atoms with van der Waals surface area (Å²) in [6.45, 7) is 4.44. The molecule has 0 heterocycles. The van der Waals surface area contributed by atoms with Crippen LogP contribution in [0.2, 0.25) is 0 Å². The van der Waals surface area contributed by atoms with Gasteiger partial charge >= 0.3 is 0 Å². The van der Waals surface area contributed by atoms with E-state index < -0.39 is 0 Å². The lowest BCUT2D eigenvalue weighted by Gasteiger charge is -2.27. The van der Waals surface area contributed by atoms with Crippen LogP contribution >= 0.6 is 27.5 Å². The fourth-order valence-corrected chi connectivity index (χ4v) is 2.79. The third kappa shape index (κ3) is 4.18. The quantitative estimate of drug-likeness (QED) is 0.667. The molecule has 0 bridgehead atoms. The molecular formula is C14H20BrClO. The number of alkyl halides is 1. The van der Waals surface area contributed by atoms with Crippen molar-refractivity contribution in [3.05, 3.63) is 28.2 Å². The molecule has 0 aliphatic heterocycles. The van der Waals surface area contributed by atoms with Gasteiger partial charge in [0.2, 0.25) is 0 Å². The molecule has 1 aromatic rings. The maximum absolute atomic E-state index is 6.12. The third-order valence-corrected chi connectivity index (χ3v) is 4.17. The zero-order valence-electron chi connectivity index (χ0n) is 10.7. The van der Waals surface area contributed by atoms with Crippen molar-refractivity contribution in [3.8, 4) is 5.75 Å². The van der Waals surface area contributed by atoms with Crippen LogP contribution in [0.25, 0.3) is 0 Å². The van der Waals surface area contributed by atoms with Crippen LogP contribution in [0.5, 0.6) is 5.75 Å². The first-order valence-corrected chi connectivity index (χ1v) is 7.26. The number of benzene rings is 1. The molecule has 1 nitrogen and oxygen atoms in total. The van der Waals surface area contributed by atoms with Gasteiger partial charge in [-0.2, -0.15) is 0 Å². The predicted molar refractivity (Wildman–Crippen MR) is 78.1 cm³/mol. The summed E-state index contributed by atoms with van der Waals surface area (Å²) in [5.74, 6) is 1.62. The average molecular weight is 320 g/mol. The van der Waals surface area contributed by atoms with Gasteiger partial charge in [0.05, 0.1) is 7.11 Å². The summed E-state index contributed by atoms with van der Waals surface area (Å²) in [7, 11) is 1.71. The van der Waals surface area contributed by atoms with Crippen LogP contribution in [-0.2, 0) is 6.42 Å². The van der Waals surface area contributed by atoms with Gasteiger partial charge in [-0.05, 0) is 42.0 Å². The summed E-state index contributed by atoms with van der Waals surface area (Å²) < 4.78 is 6.49. The Balaban J connectivity index is 2.95. The van der Waals surface area contributed by atoms with Crippen molar-refractivity contribution in [3.63, 3.8) is 0 Å². The van der Waals surface area contributed by atoms with E-state index >= 15 is 0 Å². The number of hydrogen-bond donors (Lipinski definition) is 0. The molecule has 96 valence electrons. The van der Waals surface area contributed by atoms with Gasteiger partial charge < -0.3 is 4.74 Å². The Morgan fingerprint density at radius 1 is 1.41 bits per heavy atom. The van der Waals surface area contributed by atoms with E-state index in [1.54, 1.807) is 7.11 Å².